The van der Waals surface area contributed by atoms with Gasteiger partial charge in [-0.2, -0.15) is 0 Å². The van der Waals surface area contributed by atoms with E-state index in [2.05, 4.69) is 5.92 Å². The number of rotatable bonds is 2. The average molecular weight is 265 g/mol. The molecular weight excluding hydrogens is 242 g/mol. The van der Waals surface area contributed by atoms with E-state index in [0.717, 1.165) is 25.9 Å². The van der Waals surface area contributed by atoms with Gasteiger partial charge in [-0.25, -0.2) is 4.79 Å². The van der Waals surface area contributed by atoms with Gasteiger partial charge in [0.25, 0.3) is 0 Å². The van der Waals surface area contributed by atoms with Gasteiger partial charge in [-0.3, -0.25) is 0 Å². The van der Waals surface area contributed by atoms with E-state index in [-0.39, 0.29) is 12.2 Å². The third-order valence-electron chi connectivity index (χ3n) is 3.76. The Morgan fingerprint density at radius 3 is 2.37 bits per heavy atom. The minimum atomic E-state index is -0.423. The van der Waals surface area contributed by atoms with Crippen LogP contribution in [0.2, 0.25) is 0 Å². The van der Waals surface area contributed by atoms with Crippen LogP contribution < -0.4 is 0 Å². The fourth-order valence-corrected chi connectivity index (χ4v) is 3.02. The van der Waals surface area contributed by atoms with Crippen molar-refractivity contribution in [2.45, 2.75) is 45.3 Å². The average Bonchev–Trinajstić information content (AvgIpc) is 2.81. The Bertz CT molecular complexity index is 366. The van der Waals surface area contributed by atoms with Crippen molar-refractivity contribution < 1.29 is 14.3 Å². The van der Waals surface area contributed by atoms with Gasteiger partial charge >= 0.3 is 6.09 Å². The Balaban J connectivity index is 1.81. The Kier molecular flexibility index (Phi) is 4.05. The van der Waals surface area contributed by atoms with Gasteiger partial charge in [0, 0.05) is 13.1 Å². The number of hydrogen-bond donors (Lipinski definition) is 0. The van der Waals surface area contributed by atoms with Crippen LogP contribution in [-0.2, 0) is 9.47 Å². The molecule has 2 aliphatic rings. The Morgan fingerprint density at radius 2 is 1.89 bits per heavy atom. The van der Waals surface area contributed by atoms with Crippen LogP contribution in [0, 0.1) is 24.2 Å². The smallest absolute Gasteiger partial charge is 0.410 e. The highest BCUT2D eigenvalue weighted by Gasteiger charge is 2.43. The maximum absolute atomic E-state index is 12.0. The maximum Gasteiger partial charge on any atom is 0.410 e. The van der Waals surface area contributed by atoms with Crippen LogP contribution in [0.15, 0.2) is 0 Å². The number of carbonyl (C=O) groups excluding carboxylic acids is 1. The summed E-state index contributed by atoms with van der Waals surface area (Å²) < 4.78 is 11.0. The topological polar surface area (TPSA) is 38.8 Å². The number of fused-ring (bicyclic) bond motifs is 1. The van der Waals surface area contributed by atoms with E-state index in [9.17, 15) is 4.79 Å². The molecule has 2 atom stereocenters. The van der Waals surface area contributed by atoms with Crippen LogP contribution in [0.5, 0.6) is 0 Å². The number of terminal acetylenes is 1. The second kappa shape index (κ2) is 5.42. The fraction of sp³-hybridized carbons (Fsp3) is 0.800. The van der Waals surface area contributed by atoms with Crippen LogP contribution in [0.4, 0.5) is 4.79 Å². The molecule has 0 radical (unpaired) electrons. The van der Waals surface area contributed by atoms with Crippen molar-refractivity contribution in [1.82, 2.24) is 4.90 Å². The predicted octanol–water partition coefficient (Wildman–Crippen LogP) is 2.28. The van der Waals surface area contributed by atoms with Crippen molar-refractivity contribution in [2.75, 3.05) is 19.7 Å². The van der Waals surface area contributed by atoms with E-state index in [0.29, 0.717) is 18.4 Å². The zero-order valence-electron chi connectivity index (χ0n) is 12.0. The number of carbonyl (C=O) groups is 1. The van der Waals surface area contributed by atoms with E-state index < -0.39 is 5.60 Å². The molecular formula is C15H23NO3. The molecule has 0 bridgehead atoms. The first-order chi connectivity index (χ1) is 8.89. The first kappa shape index (κ1) is 14.2. The zero-order chi connectivity index (χ0) is 14.0. The summed E-state index contributed by atoms with van der Waals surface area (Å²) in [5.41, 5.74) is -0.423. The maximum atomic E-state index is 12.0. The molecule has 4 nitrogen and oxygen atoms in total. The lowest BCUT2D eigenvalue weighted by Gasteiger charge is -2.25. The highest BCUT2D eigenvalue weighted by Crippen LogP contribution is 2.39. The first-order valence-corrected chi connectivity index (χ1v) is 6.92. The summed E-state index contributed by atoms with van der Waals surface area (Å²) in [7, 11) is 0. The monoisotopic (exact) mass is 265 g/mol. The molecule has 19 heavy (non-hydrogen) atoms. The van der Waals surface area contributed by atoms with Crippen LogP contribution >= 0.6 is 0 Å². The van der Waals surface area contributed by atoms with Crippen molar-refractivity contribution in [2.24, 2.45) is 11.8 Å². The highest BCUT2D eigenvalue weighted by molar-refractivity contribution is 5.68. The van der Waals surface area contributed by atoms with Crippen molar-refractivity contribution in [1.29, 1.82) is 0 Å². The minimum absolute atomic E-state index is 0.192. The Morgan fingerprint density at radius 1 is 1.32 bits per heavy atom. The molecule has 0 N–H and O–H groups in total. The van der Waals surface area contributed by atoms with Gasteiger partial charge in [0.05, 0.1) is 6.10 Å². The van der Waals surface area contributed by atoms with E-state index >= 15 is 0 Å². The summed E-state index contributed by atoms with van der Waals surface area (Å²) in [6.45, 7) is 7.65. The molecule has 1 aliphatic heterocycles. The number of ether oxygens (including phenoxy) is 2. The molecule has 1 saturated heterocycles. The van der Waals surface area contributed by atoms with E-state index in [1.54, 1.807) is 0 Å². The lowest BCUT2D eigenvalue weighted by atomic mass is 10.0. The van der Waals surface area contributed by atoms with Crippen molar-refractivity contribution in [3.8, 4) is 12.3 Å². The summed E-state index contributed by atoms with van der Waals surface area (Å²) in [4.78, 5) is 13.8. The summed E-state index contributed by atoms with van der Waals surface area (Å²) in [5, 5.41) is 0. The number of nitrogens with zero attached hydrogens (tertiary/aromatic N) is 1. The second-order valence-corrected chi connectivity index (χ2v) is 6.51. The first-order valence-electron chi connectivity index (χ1n) is 6.92. The molecule has 0 aromatic heterocycles. The lowest BCUT2D eigenvalue weighted by molar-refractivity contribution is 0.0251. The summed E-state index contributed by atoms with van der Waals surface area (Å²) in [5.74, 6) is 3.58. The van der Waals surface area contributed by atoms with Gasteiger partial charge in [0.15, 0.2) is 0 Å². The molecule has 2 rings (SSSR count). The Labute approximate surface area is 115 Å². The van der Waals surface area contributed by atoms with Crippen LogP contribution in [0.25, 0.3) is 0 Å². The largest absolute Gasteiger partial charge is 0.444 e. The third kappa shape index (κ3) is 3.63. The van der Waals surface area contributed by atoms with Crippen molar-refractivity contribution in [3.05, 3.63) is 0 Å². The molecule has 1 amide bonds. The Hall–Kier alpha value is -1.21. The molecule has 106 valence electrons. The van der Waals surface area contributed by atoms with Gasteiger partial charge in [-0.05, 0) is 45.4 Å². The van der Waals surface area contributed by atoms with E-state index in [1.807, 2.05) is 25.7 Å². The highest BCUT2D eigenvalue weighted by atomic mass is 16.6. The molecule has 0 spiro atoms. The molecule has 2 fully saturated rings. The van der Waals surface area contributed by atoms with Gasteiger partial charge in [0.2, 0.25) is 0 Å². The van der Waals surface area contributed by atoms with Gasteiger partial charge < -0.3 is 14.4 Å². The molecule has 0 aromatic rings. The second-order valence-electron chi connectivity index (χ2n) is 6.51. The third-order valence-corrected chi connectivity index (χ3v) is 3.76. The molecule has 1 heterocycles. The fourth-order valence-electron chi connectivity index (χ4n) is 3.02. The van der Waals surface area contributed by atoms with Crippen molar-refractivity contribution >= 4 is 6.09 Å². The summed E-state index contributed by atoms with van der Waals surface area (Å²) >= 11 is 0. The summed E-state index contributed by atoms with van der Waals surface area (Å²) in [6, 6.07) is 0. The van der Waals surface area contributed by atoms with Gasteiger partial charge in [0.1, 0.15) is 12.2 Å². The lowest BCUT2D eigenvalue weighted by Crippen LogP contribution is -2.36. The van der Waals surface area contributed by atoms with Crippen molar-refractivity contribution in [3.63, 3.8) is 0 Å². The van der Waals surface area contributed by atoms with Crippen LogP contribution in [-0.4, -0.2) is 42.4 Å². The molecule has 0 aromatic carbocycles. The normalized spacial score (nSPS) is 30.0. The number of likely N-dealkylation sites (tertiary alicyclic amines) is 1. The standard InChI is InChI=1S/C15H23NO3/c1-5-6-18-13-7-11-9-16(10-12(11)8-13)14(17)19-15(2,3)4/h1,11-13H,6-10H2,2-4H3. The molecule has 4 heteroatoms. The van der Waals surface area contributed by atoms with Crippen LogP contribution in [0.1, 0.15) is 33.6 Å². The SMILES string of the molecule is C#CCOC1CC2CN(C(=O)OC(C)(C)C)CC2C1. The van der Waals surface area contributed by atoms with E-state index in [1.165, 1.54) is 0 Å². The van der Waals surface area contributed by atoms with Gasteiger partial charge in [-0.15, -0.1) is 6.42 Å². The van der Waals surface area contributed by atoms with E-state index in [4.69, 9.17) is 15.9 Å². The molecule has 2 unspecified atom stereocenters. The number of amides is 1. The predicted molar refractivity (Wildman–Crippen MR) is 72.6 cm³/mol. The number of hydrogen-bond acceptors (Lipinski definition) is 3. The molecule has 1 aliphatic carbocycles. The van der Waals surface area contributed by atoms with Crippen LogP contribution in [0.3, 0.4) is 0 Å². The quantitative estimate of drug-likeness (QED) is 0.719. The summed E-state index contributed by atoms with van der Waals surface area (Å²) in [6.07, 6.45) is 7.29. The molecule has 1 saturated carbocycles. The minimum Gasteiger partial charge on any atom is -0.444 e. The van der Waals surface area contributed by atoms with Gasteiger partial charge in [-0.1, -0.05) is 5.92 Å². The zero-order valence-corrected chi connectivity index (χ0v) is 12.0.